The summed E-state index contributed by atoms with van der Waals surface area (Å²) in [4.78, 5) is 15.1. The first-order chi connectivity index (χ1) is 12.6. The summed E-state index contributed by atoms with van der Waals surface area (Å²) in [6.07, 6.45) is 1.39. The normalized spacial score (nSPS) is 22.7. The summed E-state index contributed by atoms with van der Waals surface area (Å²) in [5.74, 6) is 0.222. The van der Waals surface area contributed by atoms with Crippen LogP contribution in [0.5, 0.6) is 0 Å². The number of fused-ring (bicyclic) bond motifs is 6. The molecule has 0 radical (unpaired) electrons. The van der Waals surface area contributed by atoms with Crippen LogP contribution in [0.15, 0.2) is 66.7 Å². The second-order valence-corrected chi connectivity index (χ2v) is 7.49. The van der Waals surface area contributed by atoms with Crippen LogP contribution < -0.4 is 0 Å². The number of carbonyl (C=O) groups excluding carboxylic acids is 1. The zero-order valence-corrected chi connectivity index (χ0v) is 15.0. The van der Waals surface area contributed by atoms with Crippen molar-refractivity contribution < 1.29 is 4.79 Å². The zero-order valence-electron chi connectivity index (χ0n) is 15.0. The van der Waals surface area contributed by atoms with Gasteiger partial charge in [0.05, 0.1) is 6.04 Å². The van der Waals surface area contributed by atoms with Crippen molar-refractivity contribution in [3.63, 3.8) is 0 Å². The maximum Gasteiger partial charge on any atom is 0.161 e. The van der Waals surface area contributed by atoms with E-state index in [1.165, 1.54) is 27.7 Å². The molecule has 0 aliphatic carbocycles. The summed E-state index contributed by atoms with van der Waals surface area (Å²) < 4.78 is 2.30. The third-order valence-corrected chi connectivity index (χ3v) is 6.12. The Morgan fingerprint density at radius 2 is 1.73 bits per heavy atom. The lowest BCUT2D eigenvalue weighted by atomic mass is 9.79. The van der Waals surface area contributed by atoms with Gasteiger partial charge >= 0.3 is 0 Å². The molecule has 3 heteroatoms. The monoisotopic (exact) mass is 342 g/mol. The molecule has 2 atom stereocenters. The zero-order chi connectivity index (χ0) is 17.8. The first kappa shape index (κ1) is 15.6. The second kappa shape index (κ2) is 5.68. The van der Waals surface area contributed by atoms with E-state index in [1.807, 2.05) is 6.07 Å². The quantitative estimate of drug-likeness (QED) is 0.653. The van der Waals surface area contributed by atoms with Crippen molar-refractivity contribution in [2.45, 2.75) is 31.5 Å². The van der Waals surface area contributed by atoms with Gasteiger partial charge in [-0.25, -0.2) is 0 Å². The van der Waals surface area contributed by atoms with E-state index in [4.69, 9.17) is 0 Å². The predicted molar refractivity (Wildman–Crippen MR) is 104 cm³/mol. The Morgan fingerprint density at radius 1 is 1.00 bits per heavy atom. The maximum absolute atomic E-state index is 12.6. The van der Waals surface area contributed by atoms with E-state index in [0.717, 1.165) is 18.5 Å². The number of Topliss-reactive ketones (excluding diaryl/α,β-unsaturated/α-hetero) is 1. The van der Waals surface area contributed by atoms with Crippen molar-refractivity contribution in [2.75, 3.05) is 0 Å². The second-order valence-electron chi connectivity index (χ2n) is 7.49. The minimum absolute atomic E-state index is 0.0970. The molecule has 0 unspecified atom stereocenters. The lowest BCUT2D eigenvalue weighted by molar-refractivity contribution is -0.120. The van der Waals surface area contributed by atoms with E-state index >= 15 is 0 Å². The SMILES string of the molecule is C=C1C(=O)C[C@H]2c3c(c4ccccc4n3C)C[C@@H]1N2Cc1ccccc1. The summed E-state index contributed by atoms with van der Waals surface area (Å²) in [5.41, 5.74) is 6.01. The van der Waals surface area contributed by atoms with Crippen LogP contribution in [0, 0.1) is 0 Å². The van der Waals surface area contributed by atoms with Gasteiger partial charge in [0.1, 0.15) is 0 Å². The van der Waals surface area contributed by atoms with E-state index < -0.39 is 0 Å². The third-order valence-electron chi connectivity index (χ3n) is 6.12. The molecule has 2 aromatic carbocycles. The highest BCUT2D eigenvalue weighted by atomic mass is 16.1. The highest BCUT2D eigenvalue weighted by Gasteiger charge is 2.44. The topological polar surface area (TPSA) is 25.2 Å². The van der Waals surface area contributed by atoms with E-state index in [2.05, 4.69) is 71.6 Å². The Kier molecular flexibility index (Phi) is 3.41. The molecule has 130 valence electrons. The summed E-state index contributed by atoms with van der Waals surface area (Å²) in [6.45, 7) is 5.02. The Balaban J connectivity index is 1.67. The Morgan fingerprint density at radius 3 is 2.54 bits per heavy atom. The lowest BCUT2D eigenvalue weighted by Gasteiger charge is -2.46. The molecule has 2 aliphatic rings. The fraction of sp³-hybridized carbons (Fsp3) is 0.261. The Bertz CT molecular complexity index is 1030. The van der Waals surface area contributed by atoms with Gasteiger partial charge in [-0.1, -0.05) is 55.1 Å². The number of rotatable bonds is 2. The molecule has 1 saturated heterocycles. The molecule has 2 aliphatic heterocycles. The first-order valence-corrected chi connectivity index (χ1v) is 9.23. The average molecular weight is 342 g/mol. The van der Waals surface area contributed by atoms with Gasteiger partial charge in [-0.05, 0) is 23.6 Å². The van der Waals surface area contributed by atoms with Gasteiger partial charge in [0.25, 0.3) is 0 Å². The minimum Gasteiger partial charge on any atom is -0.346 e. The maximum atomic E-state index is 12.6. The standard InChI is InChI=1S/C23H22N2O/c1-15-20-12-18-17-10-6-7-11-19(17)24(2)23(18)21(13-22(15)26)25(20)14-16-8-4-3-5-9-16/h3-11,20-21H,1,12-14H2,2H3/t20-,21-/m0/s1. The number of aromatic nitrogens is 1. The average Bonchev–Trinajstić information content (AvgIpc) is 2.94. The molecule has 0 spiro atoms. The van der Waals surface area contributed by atoms with Gasteiger partial charge in [-0.15, -0.1) is 0 Å². The third kappa shape index (κ3) is 2.14. The molecule has 1 aromatic heterocycles. The number of hydrogen-bond donors (Lipinski definition) is 0. The smallest absolute Gasteiger partial charge is 0.161 e. The Labute approximate surface area is 153 Å². The molecule has 0 amide bonds. The van der Waals surface area contributed by atoms with Crippen LogP contribution in [0.25, 0.3) is 10.9 Å². The van der Waals surface area contributed by atoms with Gasteiger partial charge in [0.15, 0.2) is 5.78 Å². The van der Waals surface area contributed by atoms with Crippen molar-refractivity contribution >= 4 is 16.7 Å². The van der Waals surface area contributed by atoms with Gasteiger partial charge in [0, 0.05) is 48.2 Å². The fourth-order valence-corrected chi connectivity index (χ4v) is 4.86. The minimum atomic E-state index is 0.0970. The summed E-state index contributed by atoms with van der Waals surface area (Å²) in [5, 5.41) is 1.32. The molecule has 3 heterocycles. The van der Waals surface area contributed by atoms with Crippen LogP contribution in [-0.2, 0) is 24.8 Å². The molecule has 1 fully saturated rings. The molecule has 0 N–H and O–H groups in total. The molecule has 3 aromatic rings. The fourth-order valence-electron chi connectivity index (χ4n) is 4.86. The highest BCUT2D eigenvalue weighted by Crippen LogP contribution is 2.46. The summed E-state index contributed by atoms with van der Waals surface area (Å²) in [6, 6.07) is 19.3. The van der Waals surface area contributed by atoms with E-state index in [0.29, 0.717) is 6.42 Å². The van der Waals surface area contributed by atoms with Crippen molar-refractivity contribution in [2.24, 2.45) is 7.05 Å². The van der Waals surface area contributed by atoms with Crippen LogP contribution in [0.3, 0.4) is 0 Å². The number of hydrogen-bond acceptors (Lipinski definition) is 2. The number of para-hydroxylation sites is 1. The number of carbonyl (C=O) groups is 1. The Hall–Kier alpha value is -2.65. The van der Waals surface area contributed by atoms with Crippen LogP contribution >= 0.6 is 0 Å². The van der Waals surface area contributed by atoms with E-state index in [1.54, 1.807) is 0 Å². The molecule has 2 bridgehead atoms. The van der Waals surface area contributed by atoms with Crippen molar-refractivity contribution in [1.29, 1.82) is 0 Å². The number of ketones is 1. The van der Waals surface area contributed by atoms with Crippen molar-refractivity contribution in [3.05, 3.63) is 83.6 Å². The largest absolute Gasteiger partial charge is 0.346 e. The molecule has 26 heavy (non-hydrogen) atoms. The molecule has 5 rings (SSSR count). The molecular weight excluding hydrogens is 320 g/mol. The molecule has 0 saturated carbocycles. The van der Waals surface area contributed by atoms with Crippen molar-refractivity contribution in [3.8, 4) is 0 Å². The van der Waals surface area contributed by atoms with Gasteiger partial charge in [0.2, 0.25) is 0 Å². The van der Waals surface area contributed by atoms with Crippen LogP contribution in [0.1, 0.15) is 29.3 Å². The highest BCUT2D eigenvalue weighted by molar-refractivity contribution is 5.98. The number of piperidine rings is 1. The summed E-state index contributed by atoms with van der Waals surface area (Å²) in [7, 11) is 2.14. The van der Waals surface area contributed by atoms with E-state index in [-0.39, 0.29) is 17.9 Å². The van der Waals surface area contributed by atoms with Gasteiger partial charge < -0.3 is 4.57 Å². The molecule has 3 nitrogen and oxygen atoms in total. The predicted octanol–water partition coefficient (Wildman–Crippen LogP) is 4.18. The molecular formula is C23H22N2O. The first-order valence-electron chi connectivity index (χ1n) is 9.23. The van der Waals surface area contributed by atoms with Gasteiger partial charge in [-0.3, -0.25) is 9.69 Å². The van der Waals surface area contributed by atoms with Gasteiger partial charge in [-0.2, -0.15) is 0 Å². The lowest BCUT2D eigenvalue weighted by Crippen LogP contribution is -2.50. The number of aryl methyl sites for hydroxylation is 1. The van der Waals surface area contributed by atoms with Crippen LogP contribution in [0.2, 0.25) is 0 Å². The van der Waals surface area contributed by atoms with Crippen LogP contribution in [0.4, 0.5) is 0 Å². The van der Waals surface area contributed by atoms with Crippen LogP contribution in [-0.4, -0.2) is 21.3 Å². The number of nitrogens with zero attached hydrogens (tertiary/aromatic N) is 2. The van der Waals surface area contributed by atoms with E-state index in [9.17, 15) is 4.79 Å². The number of benzene rings is 2. The summed E-state index contributed by atoms with van der Waals surface area (Å²) >= 11 is 0. The van der Waals surface area contributed by atoms with Crippen molar-refractivity contribution in [1.82, 2.24) is 9.47 Å².